The highest BCUT2D eigenvalue weighted by molar-refractivity contribution is 5.93. The lowest BCUT2D eigenvalue weighted by Crippen LogP contribution is -2.25. The molecule has 0 fully saturated rings. The second-order valence-electron chi connectivity index (χ2n) is 4.64. The molecule has 0 saturated heterocycles. The van der Waals surface area contributed by atoms with Crippen LogP contribution in [-0.2, 0) is 9.47 Å². The number of benzene rings is 2. The summed E-state index contributed by atoms with van der Waals surface area (Å²) in [4.78, 5) is 10.9. The lowest BCUT2D eigenvalue weighted by molar-refractivity contribution is -0.255. The van der Waals surface area contributed by atoms with Crippen molar-refractivity contribution in [1.82, 2.24) is 0 Å². The molecule has 0 aromatic heterocycles. The Morgan fingerprint density at radius 2 is 1.86 bits per heavy atom. The van der Waals surface area contributed by atoms with Gasteiger partial charge in [-0.15, -0.1) is 0 Å². The molecule has 5 nitrogen and oxygen atoms in total. The Balaban J connectivity index is 2.15. The standard InChI is InChI=1S/C16H18O5/c1-19-9-15(20-2)10-21-14-6-5-11-3-4-12(16(17)18)7-13(11)8-14/h3-8,15H,9-10H2,1-2H3,(H,17,18)/p-1. The lowest BCUT2D eigenvalue weighted by Gasteiger charge is -2.15. The average molecular weight is 289 g/mol. The molecule has 2 aromatic carbocycles. The Hall–Kier alpha value is -2.11. The smallest absolute Gasteiger partial charge is 0.120 e. The zero-order chi connectivity index (χ0) is 15.2. The Kier molecular flexibility index (Phi) is 5.14. The molecule has 0 aliphatic carbocycles. The minimum atomic E-state index is -1.19. The maximum atomic E-state index is 10.9. The summed E-state index contributed by atoms with van der Waals surface area (Å²) in [5, 5.41) is 12.6. The molecule has 0 aliphatic heterocycles. The Labute approximate surface area is 123 Å². The van der Waals surface area contributed by atoms with Gasteiger partial charge >= 0.3 is 0 Å². The molecule has 21 heavy (non-hydrogen) atoms. The number of carbonyl (C=O) groups is 1. The molecule has 0 bridgehead atoms. The van der Waals surface area contributed by atoms with Crippen LogP contribution in [0.1, 0.15) is 10.4 Å². The topological polar surface area (TPSA) is 67.8 Å². The van der Waals surface area contributed by atoms with Crippen LogP contribution in [0.2, 0.25) is 0 Å². The summed E-state index contributed by atoms with van der Waals surface area (Å²) in [7, 11) is 3.20. The van der Waals surface area contributed by atoms with Gasteiger partial charge in [0.25, 0.3) is 0 Å². The number of methoxy groups -OCH3 is 2. The molecule has 0 saturated carbocycles. The van der Waals surface area contributed by atoms with Crippen LogP contribution in [0, 0.1) is 0 Å². The van der Waals surface area contributed by atoms with E-state index < -0.39 is 5.97 Å². The number of hydrogen-bond donors (Lipinski definition) is 0. The summed E-state index contributed by atoms with van der Waals surface area (Å²) >= 11 is 0. The fraction of sp³-hybridized carbons (Fsp3) is 0.312. The molecule has 2 aromatic rings. The van der Waals surface area contributed by atoms with Crippen LogP contribution in [-0.4, -0.2) is 39.5 Å². The van der Waals surface area contributed by atoms with Crippen molar-refractivity contribution in [3.05, 3.63) is 42.0 Å². The monoisotopic (exact) mass is 289 g/mol. The van der Waals surface area contributed by atoms with Crippen LogP contribution >= 0.6 is 0 Å². The minimum Gasteiger partial charge on any atom is -0.545 e. The van der Waals surface area contributed by atoms with Gasteiger partial charge in [-0.25, -0.2) is 0 Å². The largest absolute Gasteiger partial charge is 0.545 e. The molecule has 5 heteroatoms. The molecule has 0 amide bonds. The lowest BCUT2D eigenvalue weighted by atomic mass is 10.1. The van der Waals surface area contributed by atoms with Crippen LogP contribution in [0.25, 0.3) is 10.8 Å². The highest BCUT2D eigenvalue weighted by Crippen LogP contribution is 2.22. The third-order valence-electron chi connectivity index (χ3n) is 3.17. The molecule has 0 heterocycles. The van der Waals surface area contributed by atoms with E-state index in [4.69, 9.17) is 14.2 Å². The van der Waals surface area contributed by atoms with Gasteiger partial charge in [0.05, 0.1) is 12.6 Å². The molecular formula is C16H17O5-. The summed E-state index contributed by atoms with van der Waals surface area (Å²) in [6, 6.07) is 10.3. The van der Waals surface area contributed by atoms with E-state index in [0.29, 0.717) is 19.0 Å². The minimum absolute atomic E-state index is 0.147. The molecule has 0 aliphatic rings. The van der Waals surface area contributed by atoms with Crippen LogP contribution in [0.3, 0.4) is 0 Å². The van der Waals surface area contributed by atoms with Gasteiger partial charge in [-0.3, -0.25) is 0 Å². The predicted molar refractivity (Wildman–Crippen MR) is 76.4 cm³/mol. The SMILES string of the molecule is COCC(COc1ccc2ccc(C(=O)[O-])cc2c1)OC. The first-order chi connectivity index (χ1) is 10.1. The van der Waals surface area contributed by atoms with Crippen molar-refractivity contribution < 1.29 is 24.1 Å². The van der Waals surface area contributed by atoms with Gasteiger partial charge in [0.15, 0.2) is 0 Å². The summed E-state index contributed by atoms with van der Waals surface area (Å²) in [5.41, 5.74) is 0.147. The van der Waals surface area contributed by atoms with E-state index >= 15 is 0 Å². The summed E-state index contributed by atoms with van der Waals surface area (Å²) < 4.78 is 15.9. The van der Waals surface area contributed by atoms with Crippen LogP contribution in [0.15, 0.2) is 36.4 Å². The number of rotatable bonds is 7. The van der Waals surface area contributed by atoms with Crippen molar-refractivity contribution >= 4 is 16.7 Å². The van der Waals surface area contributed by atoms with Crippen molar-refractivity contribution in [2.24, 2.45) is 0 Å². The number of aromatic carboxylic acids is 1. The Bertz CT molecular complexity index is 623. The molecule has 0 N–H and O–H groups in total. The third kappa shape index (κ3) is 3.93. The van der Waals surface area contributed by atoms with Gasteiger partial charge in [0, 0.05) is 14.2 Å². The molecule has 0 radical (unpaired) electrons. The van der Waals surface area contributed by atoms with E-state index in [-0.39, 0.29) is 11.7 Å². The molecular weight excluding hydrogens is 272 g/mol. The van der Waals surface area contributed by atoms with Crippen molar-refractivity contribution in [3.8, 4) is 5.75 Å². The predicted octanol–water partition coefficient (Wildman–Crippen LogP) is 1.24. The number of carboxylic acid groups (broad SMARTS) is 1. The first-order valence-corrected chi connectivity index (χ1v) is 6.53. The van der Waals surface area contributed by atoms with Crippen molar-refractivity contribution in [3.63, 3.8) is 0 Å². The number of ether oxygens (including phenoxy) is 3. The number of carboxylic acids is 1. The van der Waals surface area contributed by atoms with Gasteiger partial charge in [-0.1, -0.05) is 18.2 Å². The van der Waals surface area contributed by atoms with Gasteiger partial charge in [0.1, 0.15) is 18.5 Å². The van der Waals surface area contributed by atoms with E-state index in [0.717, 1.165) is 10.8 Å². The summed E-state index contributed by atoms with van der Waals surface area (Å²) in [5.74, 6) is -0.543. The van der Waals surface area contributed by atoms with E-state index in [2.05, 4.69) is 0 Å². The van der Waals surface area contributed by atoms with E-state index in [1.807, 2.05) is 12.1 Å². The number of carbonyl (C=O) groups excluding carboxylic acids is 1. The van der Waals surface area contributed by atoms with Crippen LogP contribution in [0.5, 0.6) is 5.75 Å². The molecule has 0 spiro atoms. The maximum Gasteiger partial charge on any atom is 0.120 e. The molecule has 1 atom stereocenters. The fourth-order valence-electron chi connectivity index (χ4n) is 2.00. The first kappa shape index (κ1) is 15.3. The quantitative estimate of drug-likeness (QED) is 0.767. The maximum absolute atomic E-state index is 10.9. The van der Waals surface area contributed by atoms with Gasteiger partial charge < -0.3 is 24.1 Å². The average Bonchev–Trinajstić information content (AvgIpc) is 2.50. The van der Waals surface area contributed by atoms with Crippen molar-refractivity contribution in [2.75, 3.05) is 27.4 Å². The molecule has 2 rings (SSSR count). The van der Waals surface area contributed by atoms with Crippen molar-refractivity contribution in [2.45, 2.75) is 6.10 Å². The summed E-state index contributed by atoms with van der Waals surface area (Å²) in [6.45, 7) is 0.801. The molecule has 112 valence electrons. The van der Waals surface area contributed by atoms with E-state index in [1.54, 1.807) is 32.4 Å². The highest BCUT2D eigenvalue weighted by atomic mass is 16.5. The van der Waals surface area contributed by atoms with Crippen LogP contribution < -0.4 is 9.84 Å². The van der Waals surface area contributed by atoms with Gasteiger partial charge in [0.2, 0.25) is 0 Å². The van der Waals surface area contributed by atoms with Gasteiger partial charge in [-0.05, 0) is 34.5 Å². The number of hydrogen-bond acceptors (Lipinski definition) is 5. The third-order valence-corrected chi connectivity index (χ3v) is 3.17. The zero-order valence-electron chi connectivity index (χ0n) is 12.0. The Morgan fingerprint density at radius 1 is 1.10 bits per heavy atom. The van der Waals surface area contributed by atoms with Crippen molar-refractivity contribution in [1.29, 1.82) is 0 Å². The van der Waals surface area contributed by atoms with E-state index in [9.17, 15) is 9.90 Å². The molecule has 1 unspecified atom stereocenters. The fourth-order valence-corrected chi connectivity index (χ4v) is 2.00. The Morgan fingerprint density at radius 3 is 2.52 bits per heavy atom. The second kappa shape index (κ2) is 7.06. The zero-order valence-corrected chi connectivity index (χ0v) is 12.0. The normalized spacial score (nSPS) is 12.3. The number of fused-ring (bicyclic) bond motifs is 1. The second-order valence-corrected chi connectivity index (χ2v) is 4.64. The van der Waals surface area contributed by atoms with E-state index in [1.165, 1.54) is 6.07 Å². The van der Waals surface area contributed by atoms with Gasteiger partial charge in [-0.2, -0.15) is 0 Å². The summed E-state index contributed by atoms with van der Waals surface area (Å²) in [6.07, 6.45) is -0.153. The first-order valence-electron chi connectivity index (χ1n) is 6.53. The highest BCUT2D eigenvalue weighted by Gasteiger charge is 2.08. The van der Waals surface area contributed by atoms with Crippen LogP contribution in [0.4, 0.5) is 0 Å².